The predicted molar refractivity (Wildman–Crippen MR) is 121 cm³/mol. The number of hydrogen-bond acceptors (Lipinski definition) is 5. The summed E-state index contributed by atoms with van der Waals surface area (Å²) in [6.07, 6.45) is 0. The van der Waals surface area contributed by atoms with Crippen molar-refractivity contribution in [3.05, 3.63) is 48.0 Å². The summed E-state index contributed by atoms with van der Waals surface area (Å²) in [5, 5.41) is 5.73. The van der Waals surface area contributed by atoms with Crippen LogP contribution in [0.3, 0.4) is 0 Å². The van der Waals surface area contributed by atoms with Gasteiger partial charge in [0.25, 0.3) is 5.91 Å². The van der Waals surface area contributed by atoms with E-state index in [1.807, 2.05) is 44.2 Å². The molecule has 0 aliphatic carbocycles. The molecule has 2 N–H and O–H groups in total. The average Bonchev–Trinajstić information content (AvgIpc) is 2.73. The molecule has 7 nitrogen and oxygen atoms in total. The first-order valence-electron chi connectivity index (χ1n) is 10.2. The summed E-state index contributed by atoms with van der Waals surface area (Å²) in [5.74, 6) is 0.561. The van der Waals surface area contributed by atoms with Gasteiger partial charge in [-0.05, 0) is 44.2 Å². The van der Waals surface area contributed by atoms with Gasteiger partial charge >= 0.3 is 0 Å². The number of ether oxygens (including phenoxy) is 1. The van der Waals surface area contributed by atoms with E-state index in [2.05, 4.69) is 26.5 Å². The normalized spacial score (nSPS) is 13.9. The van der Waals surface area contributed by atoms with Gasteiger partial charge in [-0.2, -0.15) is 0 Å². The number of piperazine rings is 1. The van der Waals surface area contributed by atoms with Crippen LogP contribution in [-0.2, 0) is 4.79 Å². The highest BCUT2D eigenvalue weighted by Gasteiger charge is 2.24. The van der Waals surface area contributed by atoms with Crippen molar-refractivity contribution in [1.29, 1.82) is 0 Å². The lowest BCUT2D eigenvalue weighted by Gasteiger charge is -2.38. The lowest BCUT2D eigenvalue weighted by atomic mass is 10.1. The maximum absolute atomic E-state index is 12.8. The van der Waals surface area contributed by atoms with Crippen molar-refractivity contribution >= 4 is 28.9 Å². The maximum Gasteiger partial charge on any atom is 0.253 e. The van der Waals surface area contributed by atoms with Crippen LogP contribution < -0.4 is 25.2 Å². The molecule has 2 aromatic carbocycles. The Kier molecular flexibility index (Phi) is 6.82. The zero-order valence-electron chi connectivity index (χ0n) is 18.1. The lowest BCUT2D eigenvalue weighted by Crippen LogP contribution is -2.47. The molecule has 7 heteroatoms. The van der Waals surface area contributed by atoms with E-state index in [0.717, 1.165) is 43.3 Å². The SMILES string of the molecule is COc1ccccc1N1CCN(c2ccc(NC(C)=O)cc2C(=O)NC(C)C)CC1. The number of anilines is 3. The average molecular weight is 411 g/mol. The van der Waals surface area contributed by atoms with E-state index in [4.69, 9.17) is 4.74 Å². The molecule has 0 radical (unpaired) electrons. The molecule has 0 spiro atoms. The van der Waals surface area contributed by atoms with Crippen molar-refractivity contribution in [2.75, 3.05) is 48.4 Å². The number of amides is 2. The highest BCUT2D eigenvalue weighted by molar-refractivity contribution is 6.02. The number of para-hydroxylation sites is 2. The first-order chi connectivity index (χ1) is 14.4. The van der Waals surface area contributed by atoms with Gasteiger partial charge in [-0.25, -0.2) is 0 Å². The number of nitrogens with one attached hydrogen (secondary N) is 2. The van der Waals surface area contributed by atoms with Crippen LogP contribution in [0, 0.1) is 0 Å². The van der Waals surface area contributed by atoms with Crippen LogP contribution in [0.4, 0.5) is 17.1 Å². The molecule has 1 fully saturated rings. The van der Waals surface area contributed by atoms with Gasteiger partial charge in [0.05, 0.1) is 18.4 Å². The second-order valence-corrected chi connectivity index (χ2v) is 7.69. The van der Waals surface area contributed by atoms with Crippen LogP contribution in [0.25, 0.3) is 0 Å². The van der Waals surface area contributed by atoms with Crippen molar-refractivity contribution < 1.29 is 14.3 Å². The zero-order chi connectivity index (χ0) is 21.7. The molecule has 0 atom stereocenters. The van der Waals surface area contributed by atoms with E-state index in [9.17, 15) is 9.59 Å². The molecule has 0 unspecified atom stereocenters. The molecule has 2 amide bonds. The molecule has 1 saturated heterocycles. The summed E-state index contributed by atoms with van der Waals surface area (Å²) in [5.41, 5.74) is 3.15. The Balaban J connectivity index is 1.81. The third-order valence-corrected chi connectivity index (χ3v) is 5.03. The van der Waals surface area contributed by atoms with Crippen LogP contribution in [0.15, 0.2) is 42.5 Å². The number of nitrogens with zero attached hydrogens (tertiary/aromatic N) is 2. The number of carbonyl (C=O) groups excluding carboxylic acids is 2. The van der Waals surface area contributed by atoms with Gasteiger partial charge in [-0.15, -0.1) is 0 Å². The summed E-state index contributed by atoms with van der Waals surface area (Å²) in [6.45, 7) is 8.51. The quantitative estimate of drug-likeness (QED) is 0.766. The van der Waals surface area contributed by atoms with E-state index < -0.39 is 0 Å². The first-order valence-corrected chi connectivity index (χ1v) is 10.2. The fourth-order valence-electron chi connectivity index (χ4n) is 3.69. The van der Waals surface area contributed by atoms with Gasteiger partial charge in [0.15, 0.2) is 0 Å². The number of benzene rings is 2. The Bertz CT molecular complexity index is 905. The minimum atomic E-state index is -0.164. The maximum atomic E-state index is 12.8. The van der Waals surface area contributed by atoms with Crippen molar-refractivity contribution in [2.45, 2.75) is 26.8 Å². The van der Waals surface area contributed by atoms with E-state index in [0.29, 0.717) is 11.3 Å². The van der Waals surface area contributed by atoms with Crippen molar-refractivity contribution in [1.82, 2.24) is 5.32 Å². The number of hydrogen-bond donors (Lipinski definition) is 2. The molecule has 0 bridgehead atoms. The molecule has 3 rings (SSSR count). The Morgan fingerprint density at radius 3 is 2.20 bits per heavy atom. The minimum absolute atomic E-state index is 0.0252. The molecular formula is C23H30N4O3. The summed E-state index contributed by atoms with van der Waals surface area (Å²) in [7, 11) is 1.69. The zero-order valence-corrected chi connectivity index (χ0v) is 18.1. The molecule has 30 heavy (non-hydrogen) atoms. The third-order valence-electron chi connectivity index (χ3n) is 5.03. The predicted octanol–water partition coefficient (Wildman–Crippen LogP) is 3.12. The van der Waals surface area contributed by atoms with Crippen LogP contribution in [0.2, 0.25) is 0 Å². The van der Waals surface area contributed by atoms with Gasteiger partial charge in [-0.1, -0.05) is 12.1 Å². The molecule has 0 aromatic heterocycles. The Morgan fingerprint density at radius 1 is 0.967 bits per heavy atom. The smallest absolute Gasteiger partial charge is 0.253 e. The fourth-order valence-corrected chi connectivity index (χ4v) is 3.69. The summed E-state index contributed by atoms with van der Waals surface area (Å²) < 4.78 is 5.50. The first kappa shape index (κ1) is 21.5. The molecule has 0 saturated carbocycles. The van der Waals surface area contributed by atoms with Crippen molar-refractivity contribution in [3.63, 3.8) is 0 Å². The standard InChI is InChI=1S/C23H30N4O3/c1-16(2)24-23(29)19-15-18(25-17(3)28)9-10-20(19)26-11-13-27(14-12-26)21-7-5-6-8-22(21)30-4/h5-10,15-16H,11-14H2,1-4H3,(H,24,29)(H,25,28). The molecule has 1 aliphatic rings. The van der Waals surface area contributed by atoms with Crippen LogP contribution in [0.1, 0.15) is 31.1 Å². The number of methoxy groups -OCH3 is 1. The van der Waals surface area contributed by atoms with Crippen LogP contribution in [0.5, 0.6) is 5.75 Å². The molecule has 160 valence electrons. The fraction of sp³-hybridized carbons (Fsp3) is 0.391. The van der Waals surface area contributed by atoms with E-state index in [-0.39, 0.29) is 17.9 Å². The highest BCUT2D eigenvalue weighted by atomic mass is 16.5. The topological polar surface area (TPSA) is 73.9 Å². The highest BCUT2D eigenvalue weighted by Crippen LogP contribution is 2.31. The molecular weight excluding hydrogens is 380 g/mol. The lowest BCUT2D eigenvalue weighted by molar-refractivity contribution is -0.114. The van der Waals surface area contributed by atoms with Gasteiger partial charge < -0.3 is 25.2 Å². The van der Waals surface area contributed by atoms with Gasteiger partial charge in [-0.3, -0.25) is 9.59 Å². The monoisotopic (exact) mass is 410 g/mol. The Morgan fingerprint density at radius 2 is 1.60 bits per heavy atom. The summed E-state index contributed by atoms with van der Waals surface area (Å²) in [6, 6.07) is 13.6. The molecule has 1 aliphatic heterocycles. The van der Waals surface area contributed by atoms with Gasteiger partial charge in [0.2, 0.25) is 5.91 Å². The molecule has 1 heterocycles. The van der Waals surface area contributed by atoms with Crippen molar-refractivity contribution in [2.24, 2.45) is 0 Å². The van der Waals surface area contributed by atoms with Gasteiger partial charge in [0.1, 0.15) is 5.75 Å². The minimum Gasteiger partial charge on any atom is -0.495 e. The Labute approximate surface area is 178 Å². The molecule has 2 aromatic rings. The second kappa shape index (κ2) is 9.52. The van der Waals surface area contributed by atoms with Crippen LogP contribution >= 0.6 is 0 Å². The third kappa shape index (κ3) is 5.03. The van der Waals surface area contributed by atoms with Crippen molar-refractivity contribution in [3.8, 4) is 5.75 Å². The summed E-state index contributed by atoms with van der Waals surface area (Å²) in [4.78, 5) is 28.8. The summed E-state index contributed by atoms with van der Waals surface area (Å²) >= 11 is 0. The van der Waals surface area contributed by atoms with Gasteiger partial charge in [0, 0.05) is 50.5 Å². The largest absolute Gasteiger partial charge is 0.495 e. The Hall–Kier alpha value is -3.22. The van der Waals surface area contributed by atoms with E-state index in [1.54, 1.807) is 13.2 Å². The van der Waals surface area contributed by atoms with E-state index in [1.165, 1.54) is 6.92 Å². The number of carbonyl (C=O) groups is 2. The van der Waals surface area contributed by atoms with Crippen LogP contribution in [-0.4, -0.2) is 51.1 Å². The second-order valence-electron chi connectivity index (χ2n) is 7.69. The van der Waals surface area contributed by atoms with E-state index >= 15 is 0 Å². The number of rotatable bonds is 6.